The van der Waals surface area contributed by atoms with Crippen molar-refractivity contribution in [2.24, 2.45) is 5.92 Å². The van der Waals surface area contributed by atoms with Crippen LogP contribution in [0, 0.1) is 5.92 Å². The van der Waals surface area contributed by atoms with Crippen molar-refractivity contribution in [2.75, 3.05) is 19.8 Å². The van der Waals surface area contributed by atoms with Crippen LogP contribution in [0.4, 0.5) is 0 Å². The SMILES string of the molecule is CCC=CC(C)CCCC[Si](OCC)(OCC)OCC. The lowest BCUT2D eigenvalue weighted by Gasteiger charge is -2.28. The second-order valence-electron chi connectivity index (χ2n) is 5.04. The summed E-state index contributed by atoms with van der Waals surface area (Å²) in [5, 5.41) is 0. The first-order valence-electron chi connectivity index (χ1n) is 8.22. The van der Waals surface area contributed by atoms with Crippen molar-refractivity contribution in [1.82, 2.24) is 0 Å². The molecular formula is C16H34O3Si. The van der Waals surface area contributed by atoms with E-state index in [0.717, 1.165) is 18.9 Å². The molecule has 20 heavy (non-hydrogen) atoms. The van der Waals surface area contributed by atoms with Gasteiger partial charge in [-0.3, -0.25) is 0 Å². The lowest BCUT2D eigenvalue weighted by Crippen LogP contribution is -2.45. The summed E-state index contributed by atoms with van der Waals surface area (Å²) in [5.74, 6) is 0.664. The van der Waals surface area contributed by atoms with E-state index in [-0.39, 0.29) is 0 Å². The molecule has 1 unspecified atom stereocenters. The van der Waals surface area contributed by atoms with E-state index >= 15 is 0 Å². The van der Waals surface area contributed by atoms with Crippen LogP contribution >= 0.6 is 0 Å². The van der Waals surface area contributed by atoms with Crippen molar-refractivity contribution in [1.29, 1.82) is 0 Å². The van der Waals surface area contributed by atoms with E-state index in [0.29, 0.717) is 25.7 Å². The Kier molecular flexibility index (Phi) is 12.5. The van der Waals surface area contributed by atoms with Crippen LogP contribution in [0.1, 0.15) is 60.3 Å². The van der Waals surface area contributed by atoms with E-state index in [1.165, 1.54) is 12.8 Å². The van der Waals surface area contributed by atoms with Gasteiger partial charge in [0.15, 0.2) is 0 Å². The third-order valence-corrected chi connectivity index (χ3v) is 6.34. The van der Waals surface area contributed by atoms with Crippen LogP contribution in [0.15, 0.2) is 12.2 Å². The maximum absolute atomic E-state index is 5.86. The molecule has 0 aliphatic carbocycles. The third-order valence-electron chi connectivity index (χ3n) is 3.19. The summed E-state index contributed by atoms with van der Waals surface area (Å²) in [6.07, 6.45) is 9.25. The van der Waals surface area contributed by atoms with Crippen LogP contribution in [0.5, 0.6) is 0 Å². The van der Waals surface area contributed by atoms with Crippen molar-refractivity contribution in [3.63, 3.8) is 0 Å². The second-order valence-corrected chi connectivity index (χ2v) is 7.77. The molecular weight excluding hydrogens is 268 g/mol. The maximum Gasteiger partial charge on any atom is 0.500 e. The first-order valence-corrected chi connectivity index (χ1v) is 10.2. The zero-order valence-electron chi connectivity index (χ0n) is 14.1. The highest BCUT2D eigenvalue weighted by molar-refractivity contribution is 6.60. The Balaban J connectivity index is 4.14. The third kappa shape index (κ3) is 8.90. The second kappa shape index (κ2) is 12.6. The predicted molar refractivity (Wildman–Crippen MR) is 87.9 cm³/mol. The fraction of sp³-hybridized carbons (Fsp3) is 0.875. The molecule has 0 spiro atoms. The van der Waals surface area contributed by atoms with E-state index in [1.807, 2.05) is 20.8 Å². The molecule has 0 aromatic carbocycles. The van der Waals surface area contributed by atoms with Crippen LogP contribution in [0.3, 0.4) is 0 Å². The van der Waals surface area contributed by atoms with Gasteiger partial charge in [0.25, 0.3) is 0 Å². The van der Waals surface area contributed by atoms with E-state index in [4.69, 9.17) is 13.3 Å². The molecule has 0 heterocycles. The van der Waals surface area contributed by atoms with Gasteiger partial charge in [0.05, 0.1) is 0 Å². The molecule has 0 aromatic rings. The Bertz CT molecular complexity index is 227. The Labute approximate surface area is 127 Å². The molecule has 0 amide bonds. The largest absolute Gasteiger partial charge is 0.500 e. The van der Waals surface area contributed by atoms with Crippen LogP contribution in [-0.4, -0.2) is 28.6 Å². The number of unbranched alkanes of at least 4 members (excludes halogenated alkanes) is 1. The summed E-state index contributed by atoms with van der Waals surface area (Å²) in [5.41, 5.74) is 0. The molecule has 0 aromatic heterocycles. The van der Waals surface area contributed by atoms with E-state index < -0.39 is 8.80 Å². The van der Waals surface area contributed by atoms with Gasteiger partial charge in [-0.05, 0) is 46.0 Å². The van der Waals surface area contributed by atoms with Crippen molar-refractivity contribution in [2.45, 2.75) is 66.3 Å². The van der Waals surface area contributed by atoms with Gasteiger partial charge in [-0.2, -0.15) is 0 Å². The van der Waals surface area contributed by atoms with Gasteiger partial charge in [0.2, 0.25) is 0 Å². The van der Waals surface area contributed by atoms with Crippen LogP contribution in [0.25, 0.3) is 0 Å². The quantitative estimate of drug-likeness (QED) is 0.278. The maximum atomic E-state index is 5.86. The Morgan fingerprint density at radius 1 is 0.900 bits per heavy atom. The average molecular weight is 303 g/mol. The molecule has 0 fully saturated rings. The molecule has 0 aliphatic rings. The van der Waals surface area contributed by atoms with Gasteiger partial charge in [0.1, 0.15) is 0 Å². The summed E-state index contributed by atoms with van der Waals surface area (Å²) in [4.78, 5) is 0. The van der Waals surface area contributed by atoms with Crippen molar-refractivity contribution in [3.05, 3.63) is 12.2 Å². The molecule has 3 nitrogen and oxygen atoms in total. The fourth-order valence-electron chi connectivity index (χ4n) is 2.27. The molecule has 0 aliphatic heterocycles. The molecule has 0 saturated heterocycles. The number of hydrogen-bond acceptors (Lipinski definition) is 3. The van der Waals surface area contributed by atoms with E-state index in [9.17, 15) is 0 Å². The number of hydrogen-bond donors (Lipinski definition) is 0. The molecule has 0 radical (unpaired) electrons. The minimum absolute atomic E-state index is 0.664. The van der Waals surface area contributed by atoms with Gasteiger partial charge in [-0.25, -0.2) is 0 Å². The molecule has 0 N–H and O–H groups in total. The predicted octanol–water partition coefficient (Wildman–Crippen LogP) is 4.81. The highest BCUT2D eigenvalue weighted by Crippen LogP contribution is 2.21. The van der Waals surface area contributed by atoms with Gasteiger partial charge in [0, 0.05) is 25.9 Å². The lowest BCUT2D eigenvalue weighted by atomic mass is 10.0. The fourth-order valence-corrected chi connectivity index (χ4v) is 4.96. The minimum Gasteiger partial charge on any atom is -0.374 e. The van der Waals surface area contributed by atoms with Gasteiger partial charge in [-0.15, -0.1) is 0 Å². The first kappa shape index (κ1) is 19.8. The van der Waals surface area contributed by atoms with Crippen molar-refractivity contribution in [3.8, 4) is 0 Å². The molecule has 0 bridgehead atoms. The van der Waals surface area contributed by atoms with Crippen molar-refractivity contribution < 1.29 is 13.3 Å². The summed E-state index contributed by atoms with van der Waals surface area (Å²) < 4.78 is 17.6. The summed E-state index contributed by atoms with van der Waals surface area (Å²) >= 11 is 0. The van der Waals surface area contributed by atoms with E-state index in [2.05, 4.69) is 26.0 Å². The monoisotopic (exact) mass is 302 g/mol. The standard InChI is InChI=1S/C16H34O3Si/c1-6-10-13-16(5)14-11-12-15-20(17-7-2,18-8-3)19-9-4/h10,13,16H,6-9,11-12,14-15H2,1-5H3. The minimum atomic E-state index is -2.41. The van der Waals surface area contributed by atoms with Gasteiger partial charge >= 0.3 is 8.80 Å². The highest BCUT2D eigenvalue weighted by Gasteiger charge is 2.39. The molecule has 0 saturated carbocycles. The zero-order chi connectivity index (χ0) is 15.3. The van der Waals surface area contributed by atoms with Gasteiger partial charge < -0.3 is 13.3 Å². The van der Waals surface area contributed by atoms with E-state index in [1.54, 1.807) is 0 Å². The van der Waals surface area contributed by atoms with Crippen molar-refractivity contribution >= 4 is 8.80 Å². The Morgan fingerprint density at radius 2 is 1.45 bits per heavy atom. The molecule has 1 atom stereocenters. The topological polar surface area (TPSA) is 27.7 Å². The molecule has 0 rings (SSSR count). The Hall–Kier alpha value is -0.163. The number of rotatable bonds is 13. The lowest BCUT2D eigenvalue weighted by molar-refractivity contribution is 0.0706. The smallest absolute Gasteiger partial charge is 0.374 e. The highest BCUT2D eigenvalue weighted by atomic mass is 28.4. The van der Waals surface area contributed by atoms with Gasteiger partial charge in [-0.1, -0.05) is 32.4 Å². The van der Waals surface area contributed by atoms with Crippen LogP contribution in [-0.2, 0) is 13.3 Å². The normalized spacial score (nSPS) is 14.1. The first-order chi connectivity index (χ1) is 9.64. The summed E-state index contributed by atoms with van der Waals surface area (Å²) in [6.45, 7) is 12.5. The van der Waals surface area contributed by atoms with Crippen LogP contribution in [0.2, 0.25) is 6.04 Å². The average Bonchev–Trinajstić information content (AvgIpc) is 2.42. The zero-order valence-corrected chi connectivity index (χ0v) is 15.1. The Morgan fingerprint density at radius 3 is 1.90 bits per heavy atom. The number of allylic oxidation sites excluding steroid dienone is 2. The van der Waals surface area contributed by atoms with Crippen LogP contribution < -0.4 is 0 Å². The summed E-state index contributed by atoms with van der Waals surface area (Å²) in [6, 6.07) is 0.937. The summed E-state index contributed by atoms with van der Waals surface area (Å²) in [7, 11) is -2.41. The molecule has 4 heteroatoms. The molecule has 120 valence electrons.